The lowest BCUT2D eigenvalue weighted by atomic mass is 9.99. The van der Waals surface area contributed by atoms with Crippen LogP contribution in [0.3, 0.4) is 0 Å². The van der Waals surface area contributed by atoms with E-state index in [1.807, 2.05) is 35.0 Å². The summed E-state index contributed by atoms with van der Waals surface area (Å²) >= 11 is 5.97. The van der Waals surface area contributed by atoms with E-state index in [1.54, 1.807) is 12.5 Å². The van der Waals surface area contributed by atoms with Crippen LogP contribution in [0, 0.1) is 5.92 Å². The molecular weight excluding hydrogens is 314 g/mol. The lowest BCUT2D eigenvalue weighted by Gasteiger charge is -2.24. The fourth-order valence-corrected chi connectivity index (χ4v) is 2.96. The van der Waals surface area contributed by atoms with E-state index in [0.29, 0.717) is 24.8 Å². The van der Waals surface area contributed by atoms with Gasteiger partial charge >= 0.3 is 0 Å². The van der Waals surface area contributed by atoms with Crippen LogP contribution in [-0.4, -0.2) is 35.2 Å². The van der Waals surface area contributed by atoms with Crippen LogP contribution in [0.5, 0.6) is 0 Å². The Kier molecular flexibility index (Phi) is 5.31. The van der Waals surface area contributed by atoms with Crippen LogP contribution in [0.15, 0.2) is 43.0 Å². The minimum atomic E-state index is -0.00134. The van der Waals surface area contributed by atoms with Gasteiger partial charge in [0.2, 0.25) is 5.91 Å². The summed E-state index contributed by atoms with van der Waals surface area (Å²) in [4.78, 5) is 16.5. The third kappa shape index (κ3) is 4.12. The van der Waals surface area contributed by atoms with E-state index >= 15 is 0 Å². The Morgan fingerprint density at radius 1 is 1.35 bits per heavy atom. The van der Waals surface area contributed by atoms with Gasteiger partial charge in [0.1, 0.15) is 0 Å². The molecule has 0 unspecified atom stereocenters. The topological polar surface area (TPSA) is 56.2 Å². The Morgan fingerprint density at radius 2 is 2.09 bits per heavy atom. The minimum Gasteiger partial charge on any atom is -0.381 e. The van der Waals surface area contributed by atoms with E-state index in [-0.39, 0.29) is 17.9 Å². The first-order chi connectivity index (χ1) is 11.2. The van der Waals surface area contributed by atoms with Crippen molar-refractivity contribution in [3.8, 4) is 0 Å². The molecule has 3 rings (SSSR count). The minimum absolute atomic E-state index is 0.00134. The molecule has 1 aliphatic heterocycles. The molecule has 6 heteroatoms. The number of carbonyl (C=O) groups excluding carboxylic acids is 1. The van der Waals surface area contributed by atoms with Crippen LogP contribution >= 0.6 is 11.6 Å². The summed E-state index contributed by atoms with van der Waals surface area (Å²) in [7, 11) is 0. The number of ether oxygens (including phenoxy) is 1. The van der Waals surface area contributed by atoms with Crippen LogP contribution in [0.4, 0.5) is 0 Å². The van der Waals surface area contributed by atoms with Gasteiger partial charge in [-0.3, -0.25) is 4.79 Å². The summed E-state index contributed by atoms with van der Waals surface area (Å²) < 4.78 is 7.30. The molecule has 1 N–H and O–H groups in total. The molecule has 1 aromatic heterocycles. The Morgan fingerprint density at radius 3 is 2.74 bits per heavy atom. The second-order valence-electron chi connectivity index (χ2n) is 5.71. The number of benzene rings is 1. The van der Waals surface area contributed by atoms with Crippen molar-refractivity contribution in [1.82, 2.24) is 14.9 Å². The number of aromatic nitrogens is 2. The number of nitrogens with zero attached hydrogens (tertiary/aromatic N) is 2. The van der Waals surface area contributed by atoms with E-state index in [4.69, 9.17) is 16.3 Å². The van der Waals surface area contributed by atoms with Crippen molar-refractivity contribution in [2.45, 2.75) is 18.9 Å². The number of carbonyl (C=O) groups is 1. The number of hydrogen-bond acceptors (Lipinski definition) is 3. The van der Waals surface area contributed by atoms with Gasteiger partial charge in [-0.25, -0.2) is 4.98 Å². The first-order valence-electron chi connectivity index (χ1n) is 7.82. The molecule has 1 saturated heterocycles. The summed E-state index contributed by atoms with van der Waals surface area (Å²) in [6.07, 6.45) is 6.99. The van der Waals surface area contributed by atoms with E-state index in [2.05, 4.69) is 10.3 Å². The highest BCUT2D eigenvalue weighted by atomic mass is 35.5. The van der Waals surface area contributed by atoms with Crippen LogP contribution in [0.1, 0.15) is 24.4 Å². The molecule has 1 fully saturated rings. The lowest BCUT2D eigenvalue weighted by molar-refractivity contribution is -0.127. The molecule has 2 aromatic rings. The van der Waals surface area contributed by atoms with Gasteiger partial charge in [0.05, 0.1) is 12.4 Å². The second kappa shape index (κ2) is 7.62. The van der Waals surface area contributed by atoms with Gasteiger partial charge in [-0.1, -0.05) is 23.7 Å². The van der Waals surface area contributed by atoms with Crippen molar-refractivity contribution < 1.29 is 9.53 Å². The third-order valence-corrected chi connectivity index (χ3v) is 4.45. The Hall–Kier alpha value is -1.85. The van der Waals surface area contributed by atoms with E-state index < -0.39 is 0 Å². The predicted molar refractivity (Wildman–Crippen MR) is 88.4 cm³/mol. The van der Waals surface area contributed by atoms with Crippen LogP contribution < -0.4 is 5.32 Å². The van der Waals surface area contributed by atoms with Crippen molar-refractivity contribution in [3.63, 3.8) is 0 Å². The SMILES string of the molecule is O=C(NC[C@H](c1ccc(Cl)cc1)n1ccnc1)C1CCOCC1. The molecule has 1 amide bonds. The van der Waals surface area contributed by atoms with E-state index in [9.17, 15) is 4.79 Å². The summed E-state index contributed by atoms with van der Waals surface area (Å²) in [6, 6.07) is 7.68. The fourth-order valence-electron chi connectivity index (χ4n) is 2.84. The van der Waals surface area contributed by atoms with Gasteiger partial charge in [-0.15, -0.1) is 0 Å². The van der Waals surface area contributed by atoms with Crippen molar-refractivity contribution >= 4 is 17.5 Å². The maximum atomic E-state index is 12.3. The molecule has 0 aliphatic carbocycles. The number of rotatable bonds is 5. The molecule has 1 aromatic carbocycles. The second-order valence-corrected chi connectivity index (χ2v) is 6.15. The maximum absolute atomic E-state index is 12.3. The summed E-state index contributed by atoms with van der Waals surface area (Å²) in [5.74, 6) is 0.157. The average molecular weight is 334 g/mol. The fraction of sp³-hybridized carbons (Fsp3) is 0.412. The highest BCUT2D eigenvalue weighted by molar-refractivity contribution is 6.30. The van der Waals surface area contributed by atoms with Crippen molar-refractivity contribution in [2.24, 2.45) is 5.92 Å². The number of nitrogens with one attached hydrogen (secondary N) is 1. The van der Waals surface area contributed by atoms with Gasteiger partial charge < -0.3 is 14.6 Å². The Labute approximate surface area is 140 Å². The Balaban J connectivity index is 1.69. The zero-order valence-corrected chi connectivity index (χ0v) is 13.6. The zero-order chi connectivity index (χ0) is 16.1. The highest BCUT2D eigenvalue weighted by Crippen LogP contribution is 2.21. The van der Waals surface area contributed by atoms with Gasteiger partial charge in [0, 0.05) is 43.1 Å². The average Bonchev–Trinajstić information content (AvgIpc) is 3.11. The highest BCUT2D eigenvalue weighted by Gasteiger charge is 2.23. The maximum Gasteiger partial charge on any atom is 0.223 e. The quantitative estimate of drug-likeness (QED) is 0.915. The number of halogens is 1. The lowest BCUT2D eigenvalue weighted by Crippen LogP contribution is -2.37. The summed E-state index contributed by atoms with van der Waals surface area (Å²) in [6.45, 7) is 1.86. The largest absolute Gasteiger partial charge is 0.381 e. The normalized spacial score (nSPS) is 16.9. The first kappa shape index (κ1) is 16.0. The standard InChI is InChI=1S/C17H20ClN3O2/c18-15-3-1-13(2-4-15)16(21-8-7-19-12-21)11-20-17(22)14-5-9-23-10-6-14/h1-4,7-8,12,14,16H,5-6,9-11H2,(H,20,22)/t16-/m1/s1. The molecule has 122 valence electrons. The van der Waals surface area contributed by atoms with Gasteiger partial charge in [0.25, 0.3) is 0 Å². The Bertz CT molecular complexity index is 622. The molecule has 2 heterocycles. The zero-order valence-electron chi connectivity index (χ0n) is 12.8. The summed E-state index contributed by atoms with van der Waals surface area (Å²) in [5.41, 5.74) is 1.08. The van der Waals surface area contributed by atoms with Crippen molar-refractivity contribution in [2.75, 3.05) is 19.8 Å². The number of imidazole rings is 1. The molecule has 1 aliphatic rings. The summed E-state index contributed by atoms with van der Waals surface area (Å²) in [5, 5.41) is 3.78. The third-order valence-electron chi connectivity index (χ3n) is 4.20. The monoisotopic (exact) mass is 333 g/mol. The van der Waals surface area contributed by atoms with Crippen molar-refractivity contribution in [1.29, 1.82) is 0 Å². The predicted octanol–water partition coefficient (Wildman–Crippen LogP) is 2.67. The van der Waals surface area contributed by atoms with Crippen LogP contribution in [-0.2, 0) is 9.53 Å². The van der Waals surface area contributed by atoms with Crippen molar-refractivity contribution in [3.05, 3.63) is 53.6 Å². The molecule has 5 nitrogen and oxygen atoms in total. The first-order valence-corrected chi connectivity index (χ1v) is 8.20. The van der Waals surface area contributed by atoms with E-state index in [1.165, 1.54) is 0 Å². The van der Waals surface area contributed by atoms with Gasteiger partial charge in [-0.2, -0.15) is 0 Å². The van der Waals surface area contributed by atoms with Gasteiger partial charge in [0.15, 0.2) is 0 Å². The molecule has 0 spiro atoms. The van der Waals surface area contributed by atoms with Gasteiger partial charge in [-0.05, 0) is 30.5 Å². The molecule has 0 radical (unpaired) electrons. The smallest absolute Gasteiger partial charge is 0.223 e. The van der Waals surface area contributed by atoms with Crippen LogP contribution in [0.25, 0.3) is 0 Å². The molecule has 0 saturated carbocycles. The number of hydrogen-bond donors (Lipinski definition) is 1. The van der Waals surface area contributed by atoms with E-state index in [0.717, 1.165) is 18.4 Å². The molecule has 23 heavy (non-hydrogen) atoms. The molecule has 0 bridgehead atoms. The molecular formula is C17H20ClN3O2. The van der Waals surface area contributed by atoms with Crippen LogP contribution in [0.2, 0.25) is 5.02 Å². The molecule has 1 atom stereocenters. The number of amides is 1.